The lowest BCUT2D eigenvalue weighted by molar-refractivity contribution is 0.486. The van der Waals surface area contributed by atoms with E-state index in [0.717, 1.165) is 31.7 Å². The van der Waals surface area contributed by atoms with Gasteiger partial charge in [-0.15, -0.1) is 0 Å². The summed E-state index contributed by atoms with van der Waals surface area (Å²) in [6, 6.07) is 7.25. The summed E-state index contributed by atoms with van der Waals surface area (Å²) >= 11 is 0. The normalized spacial score (nSPS) is 12.7. The first-order valence-corrected chi connectivity index (χ1v) is 7.31. The molecule has 0 saturated heterocycles. The molecular weight excluding hydrogens is 239 g/mol. The molecule has 0 aromatic heterocycles. The molecule has 0 amide bonds. The van der Waals surface area contributed by atoms with Gasteiger partial charge in [-0.25, -0.2) is 4.39 Å². The summed E-state index contributed by atoms with van der Waals surface area (Å²) in [6.07, 6.45) is 1.08. The number of anilines is 1. The monoisotopic (exact) mass is 266 g/mol. The maximum Gasteiger partial charge on any atom is 0.123 e. The van der Waals surface area contributed by atoms with Gasteiger partial charge in [0.2, 0.25) is 0 Å². The van der Waals surface area contributed by atoms with Crippen molar-refractivity contribution in [2.45, 2.75) is 40.2 Å². The van der Waals surface area contributed by atoms with Gasteiger partial charge in [-0.05, 0) is 50.1 Å². The Bertz CT molecular complexity index is 348. The minimum absolute atomic E-state index is 0.175. The summed E-state index contributed by atoms with van der Waals surface area (Å²) in [5.41, 5.74) is 1.10. The van der Waals surface area contributed by atoms with Crippen molar-refractivity contribution in [3.8, 4) is 0 Å². The third-order valence-corrected chi connectivity index (χ3v) is 3.34. The van der Waals surface area contributed by atoms with E-state index in [-0.39, 0.29) is 5.82 Å². The number of halogens is 1. The maximum atomic E-state index is 13.0. The molecule has 1 aromatic rings. The molecule has 0 saturated carbocycles. The number of benzene rings is 1. The zero-order valence-corrected chi connectivity index (χ0v) is 12.6. The van der Waals surface area contributed by atoms with Crippen LogP contribution in [0.25, 0.3) is 0 Å². The van der Waals surface area contributed by atoms with Gasteiger partial charge in [0.15, 0.2) is 0 Å². The van der Waals surface area contributed by atoms with E-state index < -0.39 is 0 Å². The summed E-state index contributed by atoms with van der Waals surface area (Å²) in [5, 5.41) is 3.52. The van der Waals surface area contributed by atoms with E-state index in [2.05, 4.69) is 37.9 Å². The van der Waals surface area contributed by atoms with Crippen molar-refractivity contribution in [3.63, 3.8) is 0 Å². The Morgan fingerprint density at radius 2 is 1.74 bits per heavy atom. The molecule has 1 atom stereocenters. The third kappa shape index (κ3) is 5.19. The van der Waals surface area contributed by atoms with Crippen molar-refractivity contribution in [2.24, 2.45) is 5.92 Å². The molecule has 1 unspecified atom stereocenters. The molecular formula is C16H27FN2. The van der Waals surface area contributed by atoms with Crippen molar-refractivity contribution in [1.29, 1.82) is 0 Å². The molecule has 3 heteroatoms. The highest BCUT2D eigenvalue weighted by atomic mass is 19.1. The molecule has 108 valence electrons. The van der Waals surface area contributed by atoms with Crippen LogP contribution in [0.1, 0.15) is 34.1 Å². The van der Waals surface area contributed by atoms with Crippen LogP contribution in [0.15, 0.2) is 24.3 Å². The topological polar surface area (TPSA) is 15.3 Å². The molecule has 0 aliphatic heterocycles. The van der Waals surface area contributed by atoms with E-state index >= 15 is 0 Å². The van der Waals surface area contributed by atoms with Gasteiger partial charge in [-0.1, -0.05) is 20.8 Å². The van der Waals surface area contributed by atoms with Crippen LogP contribution in [0.2, 0.25) is 0 Å². The number of hydrogen-bond donors (Lipinski definition) is 1. The number of nitrogens with zero attached hydrogens (tertiary/aromatic N) is 1. The Morgan fingerprint density at radius 1 is 1.11 bits per heavy atom. The SMILES string of the molecule is CCC(CNCC(C)C)N(CC)c1ccc(F)cc1. The lowest BCUT2D eigenvalue weighted by atomic mass is 10.1. The lowest BCUT2D eigenvalue weighted by Crippen LogP contribution is -2.43. The van der Waals surface area contributed by atoms with Gasteiger partial charge >= 0.3 is 0 Å². The molecule has 1 N–H and O–H groups in total. The fraction of sp³-hybridized carbons (Fsp3) is 0.625. The van der Waals surface area contributed by atoms with Gasteiger partial charge in [0.25, 0.3) is 0 Å². The van der Waals surface area contributed by atoms with Gasteiger partial charge in [0, 0.05) is 24.8 Å². The van der Waals surface area contributed by atoms with Crippen LogP contribution in [0.5, 0.6) is 0 Å². The summed E-state index contributed by atoms with van der Waals surface area (Å²) in [6.45, 7) is 11.7. The van der Waals surface area contributed by atoms with E-state index in [0.29, 0.717) is 12.0 Å². The minimum Gasteiger partial charge on any atom is -0.368 e. The Hall–Kier alpha value is -1.09. The second-order valence-electron chi connectivity index (χ2n) is 5.38. The first-order chi connectivity index (χ1) is 9.08. The van der Waals surface area contributed by atoms with Crippen molar-refractivity contribution < 1.29 is 4.39 Å². The Labute approximate surface area is 117 Å². The Balaban J connectivity index is 2.66. The van der Waals surface area contributed by atoms with Crippen LogP contribution >= 0.6 is 0 Å². The molecule has 0 aliphatic carbocycles. The minimum atomic E-state index is -0.175. The highest BCUT2D eigenvalue weighted by molar-refractivity contribution is 5.47. The molecule has 0 bridgehead atoms. The number of nitrogens with one attached hydrogen (secondary N) is 1. The molecule has 0 radical (unpaired) electrons. The van der Waals surface area contributed by atoms with Crippen molar-refractivity contribution in [1.82, 2.24) is 5.32 Å². The van der Waals surface area contributed by atoms with E-state index in [1.54, 1.807) is 0 Å². The van der Waals surface area contributed by atoms with Crippen molar-refractivity contribution in [2.75, 3.05) is 24.5 Å². The van der Waals surface area contributed by atoms with E-state index in [1.165, 1.54) is 12.1 Å². The highest BCUT2D eigenvalue weighted by Gasteiger charge is 2.15. The summed E-state index contributed by atoms with van der Waals surface area (Å²) in [4.78, 5) is 2.34. The molecule has 0 spiro atoms. The van der Waals surface area contributed by atoms with Crippen LogP contribution in [-0.4, -0.2) is 25.7 Å². The largest absolute Gasteiger partial charge is 0.368 e. The second kappa shape index (κ2) is 8.16. The van der Waals surface area contributed by atoms with Crippen LogP contribution in [-0.2, 0) is 0 Å². The van der Waals surface area contributed by atoms with E-state index in [4.69, 9.17) is 0 Å². The zero-order chi connectivity index (χ0) is 14.3. The van der Waals surface area contributed by atoms with Crippen LogP contribution in [0.4, 0.5) is 10.1 Å². The first-order valence-electron chi connectivity index (χ1n) is 7.31. The molecule has 2 nitrogen and oxygen atoms in total. The summed E-state index contributed by atoms with van der Waals surface area (Å²) in [5.74, 6) is 0.490. The predicted molar refractivity (Wildman–Crippen MR) is 81.2 cm³/mol. The molecule has 1 rings (SSSR count). The molecule has 19 heavy (non-hydrogen) atoms. The fourth-order valence-electron chi connectivity index (χ4n) is 2.30. The molecule has 0 heterocycles. The van der Waals surface area contributed by atoms with E-state index in [1.807, 2.05) is 12.1 Å². The number of rotatable bonds is 8. The maximum absolute atomic E-state index is 13.0. The van der Waals surface area contributed by atoms with E-state index in [9.17, 15) is 4.39 Å². The highest BCUT2D eigenvalue weighted by Crippen LogP contribution is 2.18. The zero-order valence-electron chi connectivity index (χ0n) is 12.6. The van der Waals surface area contributed by atoms with Gasteiger partial charge in [0.05, 0.1) is 0 Å². The van der Waals surface area contributed by atoms with Gasteiger partial charge in [0.1, 0.15) is 5.82 Å². The van der Waals surface area contributed by atoms with Crippen LogP contribution in [0.3, 0.4) is 0 Å². The number of likely N-dealkylation sites (N-methyl/N-ethyl adjacent to an activating group) is 1. The smallest absolute Gasteiger partial charge is 0.123 e. The van der Waals surface area contributed by atoms with Crippen LogP contribution in [0, 0.1) is 11.7 Å². The quantitative estimate of drug-likeness (QED) is 0.772. The van der Waals surface area contributed by atoms with Gasteiger partial charge < -0.3 is 10.2 Å². The van der Waals surface area contributed by atoms with Crippen LogP contribution < -0.4 is 10.2 Å². The average molecular weight is 266 g/mol. The van der Waals surface area contributed by atoms with Gasteiger partial charge in [-0.2, -0.15) is 0 Å². The molecule has 1 aromatic carbocycles. The molecule has 0 aliphatic rings. The predicted octanol–water partition coefficient (Wildman–Crippen LogP) is 3.68. The Morgan fingerprint density at radius 3 is 2.21 bits per heavy atom. The second-order valence-corrected chi connectivity index (χ2v) is 5.38. The van der Waals surface area contributed by atoms with Gasteiger partial charge in [-0.3, -0.25) is 0 Å². The summed E-state index contributed by atoms with van der Waals surface area (Å²) in [7, 11) is 0. The summed E-state index contributed by atoms with van der Waals surface area (Å²) < 4.78 is 13.0. The van der Waals surface area contributed by atoms with Crippen molar-refractivity contribution in [3.05, 3.63) is 30.1 Å². The van der Waals surface area contributed by atoms with Crippen molar-refractivity contribution >= 4 is 5.69 Å². The standard InChI is InChI=1S/C16H27FN2/c1-5-15(12-18-11-13(3)4)19(6-2)16-9-7-14(17)8-10-16/h7-10,13,15,18H,5-6,11-12H2,1-4H3. The average Bonchev–Trinajstić information content (AvgIpc) is 2.39. The third-order valence-electron chi connectivity index (χ3n) is 3.34. The first kappa shape index (κ1) is 16.0. The Kier molecular flexibility index (Phi) is 6.85. The number of hydrogen-bond acceptors (Lipinski definition) is 2. The molecule has 0 fully saturated rings. The fourth-order valence-corrected chi connectivity index (χ4v) is 2.30. The lowest BCUT2D eigenvalue weighted by Gasteiger charge is -2.32.